The highest BCUT2D eigenvalue weighted by Crippen LogP contribution is 2.23. The topological polar surface area (TPSA) is 21.3 Å². The Labute approximate surface area is 75.7 Å². The van der Waals surface area contributed by atoms with Crippen LogP contribution in [0.3, 0.4) is 0 Å². The highest BCUT2D eigenvalue weighted by atomic mass is 16.5. The number of nitrogens with one attached hydrogen (secondary N) is 1. The predicted octanol–water partition coefficient (Wildman–Crippen LogP) is 1.94. The minimum absolute atomic E-state index is 0.131. The van der Waals surface area contributed by atoms with Gasteiger partial charge in [0.15, 0.2) is 0 Å². The van der Waals surface area contributed by atoms with Crippen molar-refractivity contribution in [1.29, 1.82) is 0 Å². The van der Waals surface area contributed by atoms with Crippen LogP contribution in [0.15, 0.2) is 0 Å². The van der Waals surface area contributed by atoms with Crippen LogP contribution in [0.4, 0.5) is 0 Å². The molecule has 0 radical (unpaired) electrons. The molecule has 0 bridgehead atoms. The first kappa shape index (κ1) is 10.0. The van der Waals surface area contributed by atoms with Crippen molar-refractivity contribution >= 4 is 0 Å². The molecule has 0 spiro atoms. The minimum atomic E-state index is 0.131. The number of morpholine rings is 1. The fraction of sp³-hybridized carbons (Fsp3) is 1.00. The summed E-state index contributed by atoms with van der Waals surface area (Å²) in [6, 6.07) is 0.580. The maximum absolute atomic E-state index is 5.90. The van der Waals surface area contributed by atoms with E-state index in [-0.39, 0.29) is 5.60 Å². The molecule has 1 fully saturated rings. The van der Waals surface area contributed by atoms with E-state index in [1.165, 1.54) is 6.42 Å². The smallest absolute Gasteiger partial charge is 0.0801 e. The second-order valence-electron chi connectivity index (χ2n) is 3.69. The quantitative estimate of drug-likeness (QED) is 0.700. The lowest BCUT2D eigenvalue weighted by Crippen LogP contribution is -2.53. The fourth-order valence-corrected chi connectivity index (χ4v) is 1.68. The largest absolute Gasteiger partial charge is 0.372 e. The van der Waals surface area contributed by atoms with E-state index in [0.29, 0.717) is 6.04 Å². The van der Waals surface area contributed by atoms with Crippen molar-refractivity contribution in [3.05, 3.63) is 0 Å². The molecule has 0 saturated carbocycles. The number of hydrogen-bond donors (Lipinski definition) is 1. The van der Waals surface area contributed by atoms with E-state index in [1.807, 2.05) is 0 Å². The zero-order valence-corrected chi connectivity index (χ0v) is 8.52. The van der Waals surface area contributed by atoms with Crippen LogP contribution in [0, 0.1) is 0 Å². The molecule has 1 atom stereocenters. The summed E-state index contributed by atoms with van der Waals surface area (Å²) in [4.78, 5) is 0. The van der Waals surface area contributed by atoms with Gasteiger partial charge in [-0.05, 0) is 19.3 Å². The Morgan fingerprint density at radius 3 is 2.33 bits per heavy atom. The standard InChI is InChI=1S/C10H21NO/c1-4-9-7-12-10(5-2,6-3)8-11-9/h9,11H,4-8H2,1-3H3. The van der Waals surface area contributed by atoms with Gasteiger partial charge in [-0.2, -0.15) is 0 Å². The number of ether oxygens (including phenoxy) is 1. The van der Waals surface area contributed by atoms with E-state index in [1.54, 1.807) is 0 Å². The van der Waals surface area contributed by atoms with Crippen molar-refractivity contribution in [3.8, 4) is 0 Å². The zero-order valence-electron chi connectivity index (χ0n) is 8.52. The normalized spacial score (nSPS) is 28.8. The molecule has 1 aliphatic heterocycles. The van der Waals surface area contributed by atoms with Gasteiger partial charge in [-0.3, -0.25) is 0 Å². The molecule has 0 aromatic rings. The zero-order chi connectivity index (χ0) is 9.03. The molecule has 0 aromatic heterocycles. The molecule has 0 aromatic carbocycles. The third-order valence-corrected chi connectivity index (χ3v) is 3.09. The van der Waals surface area contributed by atoms with Gasteiger partial charge in [-0.25, -0.2) is 0 Å². The average Bonchev–Trinajstić information content (AvgIpc) is 2.18. The van der Waals surface area contributed by atoms with Gasteiger partial charge in [-0.1, -0.05) is 20.8 Å². The Hall–Kier alpha value is -0.0800. The van der Waals surface area contributed by atoms with Gasteiger partial charge >= 0.3 is 0 Å². The summed E-state index contributed by atoms with van der Waals surface area (Å²) in [5.74, 6) is 0. The van der Waals surface area contributed by atoms with Crippen LogP contribution in [0.25, 0.3) is 0 Å². The second-order valence-corrected chi connectivity index (χ2v) is 3.69. The van der Waals surface area contributed by atoms with Crippen molar-refractivity contribution in [1.82, 2.24) is 5.32 Å². The van der Waals surface area contributed by atoms with E-state index in [4.69, 9.17) is 4.74 Å². The summed E-state index contributed by atoms with van der Waals surface area (Å²) in [7, 11) is 0. The van der Waals surface area contributed by atoms with E-state index in [9.17, 15) is 0 Å². The van der Waals surface area contributed by atoms with Gasteiger partial charge in [0.1, 0.15) is 0 Å². The van der Waals surface area contributed by atoms with Crippen LogP contribution in [0.5, 0.6) is 0 Å². The van der Waals surface area contributed by atoms with Crippen molar-refractivity contribution in [3.63, 3.8) is 0 Å². The van der Waals surface area contributed by atoms with Gasteiger partial charge in [0.25, 0.3) is 0 Å². The molecular formula is C10H21NO. The average molecular weight is 171 g/mol. The maximum Gasteiger partial charge on any atom is 0.0801 e. The van der Waals surface area contributed by atoms with Crippen LogP contribution in [-0.2, 0) is 4.74 Å². The highest BCUT2D eigenvalue weighted by Gasteiger charge is 2.31. The number of hydrogen-bond acceptors (Lipinski definition) is 2. The van der Waals surface area contributed by atoms with Gasteiger partial charge in [0, 0.05) is 12.6 Å². The molecule has 0 amide bonds. The first-order valence-corrected chi connectivity index (χ1v) is 5.13. The van der Waals surface area contributed by atoms with Gasteiger partial charge < -0.3 is 10.1 Å². The summed E-state index contributed by atoms with van der Waals surface area (Å²) in [6.07, 6.45) is 3.41. The van der Waals surface area contributed by atoms with E-state index in [2.05, 4.69) is 26.1 Å². The Morgan fingerprint density at radius 2 is 2.00 bits per heavy atom. The Bertz CT molecular complexity index is 122. The third-order valence-electron chi connectivity index (χ3n) is 3.09. The van der Waals surface area contributed by atoms with Gasteiger partial charge in [-0.15, -0.1) is 0 Å². The summed E-state index contributed by atoms with van der Waals surface area (Å²) >= 11 is 0. The Balaban J connectivity index is 2.42. The lowest BCUT2D eigenvalue weighted by molar-refractivity contribution is -0.0876. The monoisotopic (exact) mass is 171 g/mol. The minimum Gasteiger partial charge on any atom is -0.372 e. The molecule has 1 aliphatic rings. The number of rotatable bonds is 3. The lowest BCUT2D eigenvalue weighted by atomic mass is 9.94. The molecule has 1 unspecified atom stereocenters. The molecule has 2 heteroatoms. The first-order chi connectivity index (χ1) is 5.76. The van der Waals surface area contributed by atoms with Gasteiger partial charge in [0.05, 0.1) is 12.2 Å². The molecule has 1 heterocycles. The lowest BCUT2D eigenvalue weighted by Gasteiger charge is -2.39. The van der Waals surface area contributed by atoms with Crippen molar-refractivity contribution in [2.45, 2.75) is 51.7 Å². The molecule has 0 aliphatic carbocycles. The molecule has 2 nitrogen and oxygen atoms in total. The second kappa shape index (κ2) is 4.24. The van der Waals surface area contributed by atoms with E-state index >= 15 is 0 Å². The van der Waals surface area contributed by atoms with Crippen LogP contribution >= 0.6 is 0 Å². The molecule has 72 valence electrons. The molecular weight excluding hydrogens is 150 g/mol. The van der Waals surface area contributed by atoms with Crippen molar-refractivity contribution in [2.24, 2.45) is 0 Å². The van der Waals surface area contributed by atoms with E-state index in [0.717, 1.165) is 26.0 Å². The molecule has 1 N–H and O–H groups in total. The van der Waals surface area contributed by atoms with E-state index < -0.39 is 0 Å². The summed E-state index contributed by atoms with van der Waals surface area (Å²) in [6.45, 7) is 8.53. The van der Waals surface area contributed by atoms with Crippen molar-refractivity contribution in [2.75, 3.05) is 13.2 Å². The fourth-order valence-electron chi connectivity index (χ4n) is 1.68. The Kier molecular flexibility index (Phi) is 3.53. The molecule has 12 heavy (non-hydrogen) atoms. The van der Waals surface area contributed by atoms with Crippen LogP contribution < -0.4 is 5.32 Å². The predicted molar refractivity (Wildman–Crippen MR) is 51.3 cm³/mol. The van der Waals surface area contributed by atoms with Crippen LogP contribution in [0.2, 0.25) is 0 Å². The highest BCUT2D eigenvalue weighted by molar-refractivity contribution is 4.86. The van der Waals surface area contributed by atoms with Gasteiger partial charge in [0.2, 0.25) is 0 Å². The first-order valence-electron chi connectivity index (χ1n) is 5.13. The Morgan fingerprint density at radius 1 is 1.33 bits per heavy atom. The molecule has 1 rings (SSSR count). The third kappa shape index (κ3) is 1.99. The van der Waals surface area contributed by atoms with Crippen LogP contribution in [0.1, 0.15) is 40.0 Å². The maximum atomic E-state index is 5.90. The summed E-state index contributed by atoms with van der Waals surface area (Å²) < 4.78 is 5.90. The molecule has 1 saturated heterocycles. The van der Waals surface area contributed by atoms with Crippen LogP contribution in [-0.4, -0.2) is 24.8 Å². The summed E-state index contributed by atoms with van der Waals surface area (Å²) in [5.41, 5.74) is 0.131. The SMILES string of the molecule is CCC1COC(CC)(CC)CN1. The summed E-state index contributed by atoms with van der Waals surface area (Å²) in [5, 5.41) is 3.54. The van der Waals surface area contributed by atoms with Crippen molar-refractivity contribution < 1.29 is 4.74 Å².